The van der Waals surface area contributed by atoms with Crippen LogP contribution in [0.25, 0.3) is 0 Å². The van der Waals surface area contributed by atoms with Gasteiger partial charge in [0.05, 0.1) is 25.6 Å². The van der Waals surface area contributed by atoms with Crippen molar-refractivity contribution in [3.8, 4) is 5.75 Å². The molecular weight excluding hydrogens is 310 g/mol. The summed E-state index contributed by atoms with van der Waals surface area (Å²) in [5.74, 6) is -0.546. The van der Waals surface area contributed by atoms with Crippen molar-refractivity contribution >= 4 is 17.7 Å². The highest BCUT2D eigenvalue weighted by Crippen LogP contribution is 2.37. The molecule has 1 aromatic rings. The third-order valence-electron chi connectivity index (χ3n) is 4.28. The number of hydrogen-bond donors (Lipinski definition) is 2. The third-order valence-corrected chi connectivity index (χ3v) is 4.28. The number of ether oxygens (including phenoxy) is 1. The van der Waals surface area contributed by atoms with Crippen LogP contribution in [0.4, 0.5) is 0 Å². The van der Waals surface area contributed by atoms with E-state index in [1.807, 2.05) is 19.1 Å². The molecule has 1 aliphatic heterocycles. The molecular formula is C17H23N3O4. The van der Waals surface area contributed by atoms with Crippen LogP contribution in [-0.4, -0.2) is 42.8 Å². The van der Waals surface area contributed by atoms with E-state index in [-0.39, 0.29) is 24.4 Å². The Bertz CT molecular complexity index is 615. The van der Waals surface area contributed by atoms with Crippen molar-refractivity contribution in [1.82, 2.24) is 10.2 Å². The van der Waals surface area contributed by atoms with Crippen molar-refractivity contribution in [3.05, 3.63) is 29.8 Å². The topological polar surface area (TPSA) is 102 Å². The first-order valence-corrected chi connectivity index (χ1v) is 7.97. The zero-order chi connectivity index (χ0) is 17.7. The molecule has 3 amide bonds. The molecule has 7 nitrogen and oxygen atoms in total. The van der Waals surface area contributed by atoms with E-state index in [4.69, 9.17) is 10.5 Å². The molecule has 0 radical (unpaired) electrons. The number of rotatable bonds is 6. The lowest BCUT2D eigenvalue weighted by atomic mass is 9.83. The van der Waals surface area contributed by atoms with Gasteiger partial charge < -0.3 is 20.7 Å². The third kappa shape index (κ3) is 3.84. The Hall–Kier alpha value is -2.57. The fourth-order valence-electron chi connectivity index (χ4n) is 3.12. The highest BCUT2D eigenvalue weighted by Gasteiger charge is 2.39. The first-order chi connectivity index (χ1) is 11.5. The van der Waals surface area contributed by atoms with Crippen LogP contribution in [0.2, 0.25) is 0 Å². The molecule has 24 heavy (non-hydrogen) atoms. The Morgan fingerprint density at radius 2 is 2.00 bits per heavy atom. The van der Waals surface area contributed by atoms with Crippen molar-refractivity contribution in [2.45, 2.75) is 25.8 Å². The lowest BCUT2D eigenvalue weighted by Gasteiger charge is -2.40. The Balaban J connectivity index is 2.30. The van der Waals surface area contributed by atoms with E-state index in [2.05, 4.69) is 5.32 Å². The van der Waals surface area contributed by atoms with Crippen LogP contribution in [0.5, 0.6) is 5.75 Å². The number of primary amides is 1. The molecule has 1 aromatic carbocycles. The van der Waals surface area contributed by atoms with Gasteiger partial charge in [-0.2, -0.15) is 0 Å². The fourth-order valence-corrected chi connectivity index (χ4v) is 3.12. The van der Waals surface area contributed by atoms with Crippen LogP contribution in [0.3, 0.4) is 0 Å². The van der Waals surface area contributed by atoms with Gasteiger partial charge >= 0.3 is 0 Å². The normalized spacial score (nSPS) is 20.6. The molecule has 0 aliphatic carbocycles. The van der Waals surface area contributed by atoms with Crippen LogP contribution in [0.1, 0.15) is 31.4 Å². The minimum absolute atomic E-state index is 0.0252. The summed E-state index contributed by atoms with van der Waals surface area (Å²) in [7, 11) is 1.58. The molecule has 2 atom stereocenters. The van der Waals surface area contributed by atoms with Gasteiger partial charge in [-0.05, 0) is 31.0 Å². The first kappa shape index (κ1) is 17.8. The molecule has 3 N–H and O–H groups in total. The van der Waals surface area contributed by atoms with E-state index in [9.17, 15) is 14.4 Å². The summed E-state index contributed by atoms with van der Waals surface area (Å²) in [5, 5.41) is 2.56. The van der Waals surface area contributed by atoms with Crippen molar-refractivity contribution < 1.29 is 19.1 Å². The van der Waals surface area contributed by atoms with Gasteiger partial charge in [-0.15, -0.1) is 0 Å². The average Bonchev–Trinajstić information content (AvgIpc) is 2.59. The maximum atomic E-state index is 12.5. The predicted molar refractivity (Wildman–Crippen MR) is 88.1 cm³/mol. The zero-order valence-electron chi connectivity index (χ0n) is 14.0. The Morgan fingerprint density at radius 1 is 1.33 bits per heavy atom. The van der Waals surface area contributed by atoms with Gasteiger partial charge in [-0.25, -0.2) is 0 Å². The lowest BCUT2D eigenvalue weighted by molar-refractivity contribution is -0.143. The van der Waals surface area contributed by atoms with Crippen molar-refractivity contribution in [2.75, 3.05) is 20.2 Å². The number of nitrogens with zero attached hydrogens (tertiary/aromatic N) is 1. The van der Waals surface area contributed by atoms with Gasteiger partial charge in [0, 0.05) is 13.0 Å². The SMILES string of the molecule is CCN1C(=O)CC[C@@H](C(=O)NCC(N)=O)[C@@H]1c1ccc(OC)cc1. The molecule has 2 rings (SSSR count). The number of carbonyl (C=O) groups is 3. The summed E-state index contributed by atoms with van der Waals surface area (Å²) < 4.78 is 5.16. The van der Waals surface area contributed by atoms with Gasteiger partial charge in [0.1, 0.15) is 5.75 Å². The highest BCUT2D eigenvalue weighted by molar-refractivity contribution is 5.88. The summed E-state index contributed by atoms with van der Waals surface area (Å²) in [4.78, 5) is 37.4. The summed E-state index contributed by atoms with van der Waals surface area (Å²) in [6, 6.07) is 6.97. The number of piperidine rings is 1. The number of nitrogens with two attached hydrogens (primary N) is 1. The van der Waals surface area contributed by atoms with Crippen molar-refractivity contribution in [1.29, 1.82) is 0 Å². The van der Waals surface area contributed by atoms with Gasteiger partial charge in [0.15, 0.2) is 0 Å². The number of methoxy groups -OCH3 is 1. The summed E-state index contributed by atoms with van der Waals surface area (Å²) in [5.41, 5.74) is 5.96. The van der Waals surface area contributed by atoms with Crippen molar-refractivity contribution in [3.63, 3.8) is 0 Å². The van der Waals surface area contributed by atoms with Crippen LogP contribution in [-0.2, 0) is 14.4 Å². The number of benzene rings is 1. The zero-order valence-corrected chi connectivity index (χ0v) is 14.0. The average molecular weight is 333 g/mol. The summed E-state index contributed by atoms with van der Waals surface area (Å²) in [6.45, 7) is 2.19. The summed E-state index contributed by atoms with van der Waals surface area (Å²) in [6.07, 6.45) is 0.756. The molecule has 1 heterocycles. The Morgan fingerprint density at radius 3 is 2.54 bits per heavy atom. The maximum Gasteiger partial charge on any atom is 0.236 e. The van der Waals surface area contributed by atoms with Crippen molar-refractivity contribution in [2.24, 2.45) is 11.7 Å². The molecule has 1 saturated heterocycles. The van der Waals surface area contributed by atoms with Gasteiger partial charge in [0.2, 0.25) is 17.7 Å². The molecule has 7 heteroatoms. The minimum Gasteiger partial charge on any atom is -0.497 e. The highest BCUT2D eigenvalue weighted by atomic mass is 16.5. The van der Waals surface area contributed by atoms with Gasteiger partial charge in [-0.3, -0.25) is 14.4 Å². The maximum absolute atomic E-state index is 12.5. The minimum atomic E-state index is -0.594. The molecule has 130 valence electrons. The number of nitrogens with one attached hydrogen (secondary N) is 1. The number of hydrogen-bond acceptors (Lipinski definition) is 4. The second-order valence-electron chi connectivity index (χ2n) is 5.73. The monoisotopic (exact) mass is 333 g/mol. The molecule has 1 fully saturated rings. The van der Waals surface area contributed by atoms with E-state index in [0.29, 0.717) is 25.1 Å². The molecule has 0 unspecified atom stereocenters. The van der Waals surface area contributed by atoms with Crippen LogP contribution in [0, 0.1) is 5.92 Å². The van der Waals surface area contributed by atoms with E-state index >= 15 is 0 Å². The van der Waals surface area contributed by atoms with E-state index in [1.54, 1.807) is 24.1 Å². The molecule has 0 aromatic heterocycles. The number of likely N-dealkylation sites (tertiary alicyclic amines) is 1. The Labute approximate surface area is 141 Å². The van der Waals surface area contributed by atoms with E-state index in [1.165, 1.54) is 0 Å². The standard InChI is InChI=1S/C17H23N3O4/c1-3-20-15(22)9-8-13(17(23)19-10-14(18)21)16(20)11-4-6-12(24-2)7-5-11/h4-7,13,16H,3,8-10H2,1-2H3,(H2,18,21)(H,19,23)/t13-,16+/m1/s1. The van der Waals surface area contributed by atoms with E-state index in [0.717, 1.165) is 5.56 Å². The van der Waals surface area contributed by atoms with Crippen LogP contribution < -0.4 is 15.8 Å². The predicted octanol–water partition coefficient (Wildman–Crippen LogP) is 0.596. The van der Waals surface area contributed by atoms with Crippen LogP contribution >= 0.6 is 0 Å². The first-order valence-electron chi connectivity index (χ1n) is 7.97. The molecule has 0 bridgehead atoms. The van der Waals surface area contributed by atoms with Gasteiger partial charge in [-0.1, -0.05) is 12.1 Å². The number of amides is 3. The van der Waals surface area contributed by atoms with Gasteiger partial charge in [0.25, 0.3) is 0 Å². The second-order valence-corrected chi connectivity index (χ2v) is 5.73. The number of carbonyl (C=O) groups excluding carboxylic acids is 3. The largest absolute Gasteiger partial charge is 0.497 e. The van der Waals surface area contributed by atoms with Crippen LogP contribution in [0.15, 0.2) is 24.3 Å². The molecule has 0 saturated carbocycles. The second kappa shape index (κ2) is 7.81. The smallest absolute Gasteiger partial charge is 0.236 e. The summed E-state index contributed by atoms with van der Waals surface area (Å²) >= 11 is 0. The lowest BCUT2D eigenvalue weighted by Crippen LogP contribution is -2.49. The quantitative estimate of drug-likeness (QED) is 0.795. The van der Waals surface area contributed by atoms with E-state index < -0.39 is 11.8 Å². The Kier molecular flexibility index (Phi) is 5.78. The molecule has 0 spiro atoms. The molecule has 1 aliphatic rings. The fraction of sp³-hybridized carbons (Fsp3) is 0.471.